The fourth-order valence-corrected chi connectivity index (χ4v) is 4.99. The molecular formula is C24H23N7O2S. The number of hydrogen-bond donors (Lipinski definition) is 3. The maximum absolute atomic E-state index is 12.9. The van der Waals surface area contributed by atoms with E-state index in [9.17, 15) is 4.79 Å². The van der Waals surface area contributed by atoms with E-state index in [1.807, 2.05) is 58.8 Å². The van der Waals surface area contributed by atoms with Gasteiger partial charge in [0.15, 0.2) is 5.84 Å². The van der Waals surface area contributed by atoms with Crippen LogP contribution in [-0.4, -0.2) is 55.0 Å². The van der Waals surface area contributed by atoms with Crippen LogP contribution in [-0.2, 0) is 4.74 Å². The topological polar surface area (TPSA) is 115 Å². The Labute approximate surface area is 199 Å². The minimum absolute atomic E-state index is 0.00225. The lowest BCUT2D eigenvalue weighted by molar-refractivity contribution is 0.0303. The van der Waals surface area contributed by atoms with E-state index >= 15 is 0 Å². The minimum atomic E-state index is 0.00225. The predicted octanol–water partition coefficient (Wildman–Crippen LogP) is 4.58. The molecule has 3 N–H and O–H groups in total. The van der Waals surface area contributed by atoms with Crippen molar-refractivity contribution in [3.63, 3.8) is 0 Å². The Morgan fingerprint density at radius 3 is 2.76 bits per heavy atom. The number of morpholine rings is 1. The van der Waals surface area contributed by atoms with Gasteiger partial charge in [0.1, 0.15) is 5.82 Å². The van der Waals surface area contributed by atoms with Gasteiger partial charge < -0.3 is 20.3 Å². The summed E-state index contributed by atoms with van der Waals surface area (Å²) in [5.74, 6) is 1.21. The van der Waals surface area contributed by atoms with E-state index < -0.39 is 0 Å². The second-order valence-electron chi connectivity index (χ2n) is 7.76. The molecule has 0 radical (unpaired) electrons. The molecule has 1 aliphatic rings. The third kappa shape index (κ3) is 4.20. The third-order valence-electron chi connectivity index (χ3n) is 5.73. The van der Waals surface area contributed by atoms with E-state index in [-0.39, 0.29) is 5.91 Å². The Kier molecular flexibility index (Phi) is 6.15. The number of amidine groups is 1. The van der Waals surface area contributed by atoms with Gasteiger partial charge in [-0.15, -0.1) is 16.4 Å². The fourth-order valence-electron chi connectivity index (χ4n) is 4.06. The second kappa shape index (κ2) is 9.54. The summed E-state index contributed by atoms with van der Waals surface area (Å²) in [6.45, 7) is 2.34. The number of pyridine rings is 1. The molecule has 1 aliphatic heterocycles. The summed E-state index contributed by atoms with van der Waals surface area (Å²) in [7, 11) is 1.74. The lowest BCUT2D eigenvalue weighted by atomic mass is 10.1. The van der Waals surface area contributed by atoms with Crippen molar-refractivity contribution in [3.05, 3.63) is 65.0 Å². The third-order valence-corrected chi connectivity index (χ3v) is 6.67. The number of carbonyl (C=O) groups is 1. The van der Waals surface area contributed by atoms with Crippen molar-refractivity contribution < 1.29 is 9.53 Å². The number of thiophene rings is 1. The van der Waals surface area contributed by atoms with Gasteiger partial charge in [0, 0.05) is 52.4 Å². The molecule has 0 saturated carbocycles. The number of anilines is 2. The smallest absolute Gasteiger partial charge is 0.254 e. The Balaban J connectivity index is 1.52. The maximum Gasteiger partial charge on any atom is 0.254 e. The van der Waals surface area contributed by atoms with Gasteiger partial charge in [0.25, 0.3) is 5.91 Å². The first-order chi connectivity index (χ1) is 16.7. The standard InChI is InChI=1S/C24H23N7O2S/c1-26-22(29-30-25)15-5-6-18-20(14-15)28-23(19-7-12-34-21(18)19)27-17-4-2-3-16(13-17)24(32)31-8-10-33-11-9-31/h2-7,12-14H,8-11H2,1H3,(H,27,28)(H2,25,26,29). The van der Waals surface area contributed by atoms with Crippen LogP contribution in [0.3, 0.4) is 0 Å². The van der Waals surface area contributed by atoms with Crippen LogP contribution in [0.15, 0.2) is 64.2 Å². The number of nitrogens with one attached hydrogen (secondary N) is 3. The van der Waals surface area contributed by atoms with Crippen LogP contribution in [0.25, 0.3) is 21.0 Å². The zero-order valence-electron chi connectivity index (χ0n) is 18.5. The summed E-state index contributed by atoms with van der Waals surface area (Å²) >= 11 is 1.65. The highest BCUT2D eigenvalue weighted by atomic mass is 32.1. The lowest BCUT2D eigenvalue weighted by Crippen LogP contribution is -2.40. The number of hydrogen-bond acceptors (Lipinski definition) is 7. The zero-order valence-corrected chi connectivity index (χ0v) is 19.4. The van der Waals surface area contributed by atoms with Crippen LogP contribution in [0.1, 0.15) is 15.9 Å². The summed E-state index contributed by atoms with van der Waals surface area (Å²) in [6.07, 6.45) is 0. The number of fused-ring (bicyclic) bond motifs is 3. The Hall–Kier alpha value is -3.89. The average molecular weight is 474 g/mol. The highest BCUT2D eigenvalue weighted by Crippen LogP contribution is 2.35. The number of benzene rings is 2. The number of ether oxygens (including phenoxy) is 1. The lowest BCUT2D eigenvalue weighted by Gasteiger charge is -2.27. The van der Waals surface area contributed by atoms with Gasteiger partial charge in [-0.2, -0.15) is 5.53 Å². The molecule has 5 rings (SSSR count). The summed E-state index contributed by atoms with van der Waals surface area (Å²) in [5, 5.41) is 17.5. The van der Waals surface area contributed by atoms with Crippen molar-refractivity contribution in [3.8, 4) is 0 Å². The van der Waals surface area contributed by atoms with E-state index in [4.69, 9.17) is 15.3 Å². The summed E-state index contributed by atoms with van der Waals surface area (Å²) < 4.78 is 6.48. The first-order valence-corrected chi connectivity index (χ1v) is 11.7. The SMILES string of the molecule is CN/C(=N\N=N)c1ccc2c(c1)nc(Nc1cccc(C(=O)N3CCOCC3)c1)c1ccsc12. The molecule has 0 spiro atoms. The van der Waals surface area contributed by atoms with Gasteiger partial charge in [-0.05, 0) is 35.7 Å². The number of amides is 1. The van der Waals surface area contributed by atoms with Crippen LogP contribution in [0.4, 0.5) is 11.5 Å². The van der Waals surface area contributed by atoms with Gasteiger partial charge in [-0.1, -0.05) is 23.4 Å². The van der Waals surface area contributed by atoms with E-state index in [1.165, 1.54) is 0 Å². The molecule has 0 atom stereocenters. The molecule has 10 heteroatoms. The van der Waals surface area contributed by atoms with Gasteiger partial charge >= 0.3 is 0 Å². The number of carbonyl (C=O) groups excluding carboxylic acids is 1. The van der Waals surface area contributed by atoms with Crippen molar-refractivity contribution >= 4 is 55.6 Å². The molecule has 1 amide bonds. The molecule has 2 aromatic heterocycles. The van der Waals surface area contributed by atoms with Gasteiger partial charge in [0.05, 0.1) is 18.7 Å². The van der Waals surface area contributed by atoms with Crippen molar-refractivity contribution in [1.82, 2.24) is 15.2 Å². The average Bonchev–Trinajstić information content (AvgIpc) is 3.38. The van der Waals surface area contributed by atoms with E-state index in [2.05, 4.69) is 21.0 Å². The molecule has 0 aliphatic carbocycles. The van der Waals surface area contributed by atoms with Crippen LogP contribution < -0.4 is 10.6 Å². The van der Waals surface area contributed by atoms with E-state index in [0.29, 0.717) is 43.5 Å². The number of nitrogens with zero attached hydrogens (tertiary/aromatic N) is 4. The zero-order chi connectivity index (χ0) is 23.5. The quantitative estimate of drug-likeness (QED) is 0.170. The van der Waals surface area contributed by atoms with Gasteiger partial charge in [-0.3, -0.25) is 4.79 Å². The largest absolute Gasteiger partial charge is 0.378 e. The molecule has 4 aromatic rings. The first-order valence-electron chi connectivity index (χ1n) is 10.9. The fraction of sp³-hybridized carbons (Fsp3) is 0.208. The highest BCUT2D eigenvalue weighted by molar-refractivity contribution is 7.18. The normalized spacial score (nSPS) is 14.4. The van der Waals surface area contributed by atoms with Gasteiger partial charge in [-0.25, -0.2) is 4.98 Å². The molecule has 1 saturated heterocycles. The maximum atomic E-state index is 12.9. The number of aromatic nitrogens is 1. The number of rotatable bonds is 5. The molecule has 2 aromatic carbocycles. The summed E-state index contributed by atoms with van der Waals surface area (Å²) in [4.78, 5) is 19.6. The molecular weight excluding hydrogens is 450 g/mol. The Bertz CT molecular complexity index is 1410. The first kappa shape index (κ1) is 21.9. The Morgan fingerprint density at radius 2 is 1.97 bits per heavy atom. The minimum Gasteiger partial charge on any atom is -0.378 e. The molecule has 172 valence electrons. The molecule has 0 bridgehead atoms. The molecule has 34 heavy (non-hydrogen) atoms. The van der Waals surface area contributed by atoms with Crippen LogP contribution in [0.2, 0.25) is 0 Å². The van der Waals surface area contributed by atoms with E-state index in [1.54, 1.807) is 18.4 Å². The molecule has 0 unspecified atom stereocenters. The summed E-state index contributed by atoms with van der Waals surface area (Å²) in [5.41, 5.74) is 10.1. The Morgan fingerprint density at radius 1 is 1.12 bits per heavy atom. The summed E-state index contributed by atoms with van der Waals surface area (Å²) in [6, 6.07) is 15.4. The van der Waals surface area contributed by atoms with Crippen molar-refractivity contribution in [2.45, 2.75) is 0 Å². The van der Waals surface area contributed by atoms with E-state index in [0.717, 1.165) is 32.2 Å². The second-order valence-corrected chi connectivity index (χ2v) is 8.68. The molecule has 1 fully saturated rings. The van der Waals surface area contributed by atoms with Crippen LogP contribution in [0.5, 0.6) is 0 Å². The predicted molar refractivity (Wildman–Crippen MR) is 134 cm³/mol. The monoisotopic (exact) mass is 473 g/mol. The molecule has 3 heterocycles. The van der Waals surface area contributed by atoms with Crippen molar-refractivity contribution in [2.24, 2.45) is 10.3 Å². The van der Waals surface area contributed by atoms with Gasteiger partial charge in [0.2, 0.25) is 0 Å². The van der Waals surface area contributed by atoms with Crippen molar-refractivity contribution in [1.29, 1.82) is 5.53 Å². The van der Waals surface area contributed by atoms with Crippen LogP contribution in [0, 0.1) is 5.53 Å². The highest BCUT2D eigenvalue weighted by Gasteiger charge is 2.19. The molecule has 9 nitrogen and oxygen atoms in total. The van der Waals surface area contributed by atoms with Crippen LogP contribution >= 0.6 is 11.3 Å². The van der Waals surface area contributed by atoms with Crippen molar-refractivity contribution in [2.75, 3.05) is 38.7 Å².